The predicted octanol–water partition coefficient (Wildman–Crippen LogP) is 5.05. The second-order valence-corrected chi connectivity index (χ2v) is 12.2. The fourth-order valence-electron chi connectivity index (χ4n) is 5.63. The van der Waals surface area contributed by atoms with Gasteiger partial charge in [-0.25, -0.2) is 9.67 Å². The van der Waals surface area contributed by atoms with Crippen molar-refractivity contribution in [1.29, 1.82) is 0 Å². The number of nitrogens with zero attached hydrogens (tertiary/aromatic N) is 3. The quantitative estimate of drug-likeness (QED) is 0.491. The molecule has 0 bridgehead atoms. The van der Waals surface area contributed by atoms with E-state index in [9.17, 15) is 9.59 Å². The number of hydrogen-bond acceptors (Lipinski definition) is 5. The normalized spacial score (nSPS) is 23.4. The summed E-state index contributed by atoms with van der Waals surface area (Å²) in [7, 11) is 1.73. The van der Waals surface area contributed by atoms with Gasteiger partial charge in [0, 0.05) is 25.3 Å². The first kappa shape index (κ1) is 25.9. The van der Waals surface area contributed by atoms with Crippen molar-refractivity contribution in [1.82, 2.24) is 20.1 Å². The average Bonchev–Trinajstić information content (AvgIpc) is 3.47. The number of carboxylic acids is 1. The summed E-state index contributed by atoms with van der Waals surface area (Å²) in [6.45, 7) is 7.18. The van der Waals surface area contributed by atoms with E-state index in [2.05, 4.69) is 44.3 Å². The molecular weight excluding hydrogens is 468 g/mol. The van der Waals surface area contributed by atoms with Gasteiger partial charge in [0.2, 0.25) is 5.82 Å². The third-order valence-corrected chi connectivity index (χ3v) is 8.95. The molecule has 0 spiro atoms. The van der Waals surface area contributed by atoms with Crippen molar-refractivity contribution in [2.75, 3.05) is 7.11 Å². The molecule has 3 fully saturated rings. The van der Waals surface area contributed by atoms with Crippen molar-refractivity contribution in [3.8, 4) is 11.4 Å². The summed E-state index contributed by atoms with van der Waals surface area (Å²) in [4.78, 5) is 29.0. The van der Waals surface area contributed by atoms with Crippen LogP contribution in [0.4, 0.5) is 0 Å². The number of carboxylic acid groups (broad SMARTS) is 1. The molecule has 1 aromatic carbocycles. The Hall–Kier alpha value is -2.74. The smallest absolute Gasteiger partial charge is 0.306 e. The van der Waals surface area contributed by atoms with Gasteiger partial charge in [-0.2, -0.15) is 0 Å². The molecule has 3 saturated carbocycles. The van der Waals surface area contributed by atoms with Crippen molar-refractivity contribution in [3.63, 3.8) is 0 Å². The molecule has 1 aromatic heterocycles. The highest BCUT2D eigenvalue weighted by Gasteiger charge is 2.40. The van der Waals surface area contributed by atoms with Crippen LogP contribution in [0.1, 0.15) is 100 Å². The van der Waals surface area contributed by atoms with Crippen LogP contribution in [0.2, 0.25) is 0 Å². The van der Waals surface area contributed by atoms with Crippen molar-refractivity contribution >= 4 is 11.9 Å². The molecule has 8 heteroatoms. The Labute approximate surface area is 219 Å². The number of aromatic nitrogens is 3. The number of hydrogen-bond donors (Lipinski definition) is 2. The molecule has 37 heavy (non-hydrogen) atoms. The van der Waals surface area contributed by atoms with Gasteiger partial charge in [0.05, 0.1) is 11.5 Å². The fraction of sp³-hybridized carbons (Fsp3) is 0.655. The van der Waals surface area contributed by atoms with Gasteiger partial charge in [0.15, 0.2) is 5.82 Å². The fourth-order valence-corrected chi connectivity index (χ4v) is 5.63. The monoisotopic (exact) mass is 508 g/mol. The van der Waals surface area contributed by atoms with Crippen molar-refractivity contribution in [2.24, 2.45) is 11.8 Å². The topological polar surface area (TPSA) is 106 Å². The highest BCUT2D eigenvalue weighted by atomic mass is 16.5. The van der Waals surface area contributed by atoms with E-state index in [0.29, 0.717) is 24.6 Å². The summed E-state index contributed by atoms with van der Waals surface area (Å²) in [5, 5.41) is 16.8. The second-order valence-electron chi connectivity index (χ2n) is 12.2. The lowest BCUT2D eigenvalue weighted by Gasteiger charge is -2.32. The van der Waals surface area contributed by atoms with E-state index in [0.717, 1.165) is 30.5 Å². The molecule has 0 radical (unpaired) electrons. The minimum Gasteiger partial charge on any atom is -0.481 e. The zero-order valence-corrected chi connectivity index (χ0v) is 22.5. The molecule has 0 unspecified atom stereocenters. The van der Waals surface area contributed by atoms with E-state index in [4.69, 9.17) is 19.9 Å². The summed E-state index contributed by atoms with van der Waals surface area (Å²) in [6, 6.07) is 6.46. The Morgan fingerprint density at radius 3 is 2.49 bits per heavy atom. The van der Waals surface area contributed by atoms with Crippen molar-refractivity contribution in [2.45, 2.75) is 102 Å². The molecule has 1 heterocycles. The van der Waals surface area contributed by atoms with Crippen LogP contribution in [-0.2, 0) is 27.1 Å². The molecule has 2 aromatic rings. The predicted molar refractivity (Wildman–Crippen MR) is 140 cm³/mol. The Morgan fingerprint density at radius 1 is 1.16 bits per heavy atom. The zero-order valence-electron chi connectivity index (χ0n) is 22.5. The van der Waals surface area contributed by atoms with Crippen LogP contribution < -0.4 is 5.32 Å². The standard InChI is InChI=1S/C29H40N4O4/c1-28(2,37-4)21-12-19(13-22(16-21)29(3)10-11-29)25-31-24(26(34)30-23-14-20(15-23)27(35)36)32-33(25)17-18-8-6-5-7-9-18/h12-13,16,18,20,23H,5-11,14-15,17H2,1-4H3,(H,30,34)(H,35,36)/t20-,23-. The molecule has 1 amide bonds. The summed E-state index contributed by atoms with van der Waals surface area (Å²) in [6.07, 6.45) is 9.29. The van der Waals surface area contributed by atoms with Crippen LogP contribution in [0, 0.1) is 11.8 Å². The molecule has 0 saturated heterocycles. The molecule has 0 aliphatic heterocycles. The minimum absolute atomic E-state index is 0.144. The van der Waals surface area contributed by atoms with E-state index >= 15 is 0 Å². The Kier molecular flexibility index (Phi) is 6.90. The van der Waals surface area contributed by atoms with Crippen LogP contribution in [0.15, 0.2) is 18.2 Å². The van der Waals surface area contributed by atoms with E-state index in [1.54, 1.807) is 7.11 Å². The highest BCUT2D eigenvalue weighted by Crippen LogP contribution is 2.49. The van der Waals surface area contributed by atoms with Crippen LogP contribution in [0.5, 0.6) is 0 Å². The number of amides is 1. The molecule has 200 valence electrons. The number of aliphatic carboxylic acids is 1. The Morgan fingerprint density at radius 2 is 1.86 bits per heavy atom. The molecule has 3 aliphatic rings. The second kappa shape index (κ2) is 9.86. The maximum Gasteiger partial charge on any atom is 0.306 e. The average molecular weight is 509 g/mol. The van der Waals surface area contributed by atoms with Crippen LogP contribution >= 0.6 is 0 Å². The zero-order chi connectivity index (χ0) is 26.4. The number of carbonyl (C=O) groups is 2. The Bertz CT molecular complexity index is 1170. The highest BCUT2D eigenvalue weighted by molar-refractivity contribution is 5.91. The maximum absolute atomic E-state index is 13.1. The van der Waals surface area contributed by atoms with Gasteiger partial charge in [0.25, 0.3) is 5.91 Å². The number of ether oxygens (including phenoxy) is 1. The van der Waals surface area contributed by atoms with Gasteiger partial charge in [-0.1, -0.05) is 32.3 Å². The summed E-state index contributed by atoms with van der Waals surface area (Å²) in [5.41, 5.74) is 3.02. The molecule has 3 aliphatic carbocycles. The van der Waals surface area contributed by atoms with Crippen molar-refractivity contribution < 1.29 is 19.4 Å². The third kappa shape index (κ3) is 5.44. The van der Waals surface area contributed by atoms with Crippen LogP contribution in [-0.4, -0.2) is 44.9 Å². The first-order valence-electron chi connectivity index (χ1n) is 13.8. The first-order chi connectivity index (χ1) is 17.6. The van der Waals surface area contributed by atoms with E-state index in [-0.39, 0.29) is 29.1 Å². The minimum atomic E-state index is -0.804. The lowest BCUT2D eigenvalue weighted by Crippen LogP contribution is -2.47. The molecule has 8 nitrogen and oxygen atoms in total. The molecule has 5 rings (SSSR count). The third-order valence-electron chi connectivity index (χ3n) is 8.95. The number of carbonyl (C=O) groups excluding carboxylic acids is 1. The molecule has 0 atom stereocenters. The SMILES string of the molecule is COC(C)(C)c1cc(-c2nc(C(=O)N[C@H]3C[C@H](C(=O)O)C3)nn2CC2CCCCC2)cc(C2(C)CC2)c1. The van der Waals surface area contributed by atoms with Crippen molar-refractivity contribution in [3.05, 3.63) is 35.2 Å². The lowest BCUT2D eigenvalue weighted by atomic mass is 9.80. The number of nitrogens with one attached hydrogen (secondary N) is 1. The van der Waals surface area contributed by atoms with Gasteiger partial charge >= 0.3 is 5.97 Å². The number of methoxy groups -OCH3 is 1. The van der Waals surface area contributed by atoms with E-state index in [1.165, 1.54) is 37.7 Å². The summed E-state index contributed by atoms with van der Waals surface area (Å²) >= 11 is 0. The lowest BCUT2D eigenvalue weighted by molar-refractivity contribution is -0.145. The van der Waals surface area contributed by atoms with Gasteiger partial charge in [-0.15, -0.1) is 5.10 Å². The maximum atomic E-state index is 13.1. The first-order valence-corrected chi connectivity index (χ1v) is 13.8. The van der Waals surface area contributed by atoms with Gasteiger partial charge in [0.1, 0.15) is 0 Å². The largest absolute Gasteiger partial charge is 0.481 e. The van der Waals surface area contributed by atoms with Gasteiger partial charge < -0.3 is 15.2 Å². The van der Waals surface area contributed by atoms with Gasteiger partial charge in [-0.05, 0) is 87.0 Å². The van der Waals surface area contributed by atoms with E-state index < -0.39 is 11.6 Å². The molecule has 2 N–H and O–H groups in total. The number of benzene rings is 1. The number of rotatable bonds is 9. The summed E-state index contributed by atoms with van der Waals surface area (Å²) < 4.78 is 7.77. The van der Waals surface area contributed by atoms with Crippen LogP contribution in [0.3, 0.4) is 0 Å². The van der Waals surface area contributed by atoms with E-state index in [1.807, 2.05) is 4.68 Å². The summed E-state index contributed by atoms with van der Waals surface area (Å²) in [5.74, 6) is -0.132. The van der Waals surface area contributed by atoms with Crippen LogP contribution in [0.25, 0.3) is 11.4 Å². The Balaban J connectivity index is 1.49. The van der Waals surface area contributed by atoms with Gasteiger partial charge in [-0.3, -0.25) is 9.59 Å². The molecular formula is C29H40N4O4.